The van der Waals surface area contributed by atoms with E-state index in [1.54, 1.807) is 31.4 Å². The smallest absolute Gasteiger partial charge is 0.251 e. The quantitative estimate of drug-likeness (QED) is 0.317. The molecular weight excluding hydrogens is 474 g/mol. The number of fused-ring (bicyclic) bond motifs is 1. The Morgan fingerprint density at radius 1 is 1.00 bits per heavy atom. The van der Waals surface area contributed by atoms with E-state index in [9.17, 15) is 9.59 Å². The fourth-order valence-electron chi connectivity index (χ4n) is 3.87. The second kappa shape index (κ2) is 11.3. The van der Waals surface area contributed by atoms with Crippen LogP contribution >= 0.6 is 11.8 Å². The molecule has 0 aliphatic carbocycles. The first-order chi connectivity index (χ1) is 17.4. The second-order valence-corrected chi connectivity index (χ2v) is 9.63. The molecule has 1 atom stereocenters. The number of carbonyl (C=O) groups is 2. The standard InChI is InChI=1S/C27H29N5O3S/c1-17(2)24(29-26(34)19-12-14-20(35-4)15-13-19)25-30-31-27(32(25)3)36-16-23(33)28-22-11-7-9-18-8-5-6-10-21(18)22/h5-15,17,24H,16H2,1-4H3,(H,28,33)(H,29,34)/t24-/m0/s1. The lowest BCUT2D eigenvalue weighted by molar-refractivity contribution is -0.113. The molecule has 4 aromatic rings. The molecule has 0 spiro atoms. The predicted octanol–water partition coefficient (Wildman–Crippen LogP) is 4.83. The van der Waals surface area contributed by atoms with Crippen molar-refractivity contribution in [3.63, 3.8) is 0 Å². The van der Waals surface area contributed by atoms with E-state index >= 15 is 0 Å². The molecule has 2 N–H and O–H groups in total. The number of nitrogens with one attached hydrogen (secondary N) is 2. The minimum atomic E-state index is -0.351. The summed E-state index contributed by atoms with van der Waals surface area (Å²) in [6, 6.07) is 20.3. The molecule has 0 bridgehead atoms. The van der Waals surface area contributed by atoms with Crippen LogP contribution in [0.2, 0.25) is 0 Å². The highest BCUT2D eigenvalue weighted by Crippen LogP contribution is 2.26. The molecule has 3 aromatic carbocycles. The van der Waals surface area contributed by atoms with Gasteiger partial charge in [0.25, 0.3) is 5.91 Å². The normalized spacial score (nSPS) is 11.9. The number of carbonyl (C=O) groups excluding carboxylic acids is 2. The minimum Gasteiger partial charge on any atom is -0.497 e. The average Bonchev–Trinajstić information content (AvgIpc) is 3.25. The number of aromatic nitrogens is 3. The van der Waals surface area contributed by atoms with E-state index in [0.29, 0.717) is 22.3 Å². The van der Waals surface area contributed by atoms with Crippen LogP contribution in [-0.4, -0.2) is 39.4 Å². The number of hydrogen-bond donors (Lipinski definition) is 2. The fourth-order valence-corrected chi connectivity index (χ4v) is 4.59. The summed E-state index contributed by atoms with van der Waals surface area (Å²) < 4.78 is 6.99. The molecule has 4 rings (SSSR count). The van der Waals surface area contributed by atoms with Crippen LogP contribution in [-0.2, 0) is 11.8 Å². The van der Waals surface area contributed by atoms with Gasteiger partial charge in [0.2, 0.25) is 5.91 Å². The van der Waals surface area contributed by atoms with E-state index in [1.165, 1.54) is 11.8 Å². The lowest BCUT2D eigenvalue weighted by atomic mass is 10.0. The SMILES string of the molecule is COc1ccc(C(=O)N[C@H](c2nnc(SCC(=O)Nc3cccc4ccccc34)n2C)C(C)C)cc1. The lowest BCUT2D eigenvalue weighted by Gasteiger charge is -2.21. The van der Waals surface area contributed by atoms with Crippen LogP contribution < -0.4 is 15.4 Å². The maximum atomic E-state index is 12.9. The van der Waals surface area contributed by atoms with Crippen LogP contribution in [0.1, 0.15) is 36.1 Å². The zero-order valence-electron chi connectivity index (χ0n) is 20.7. The van der Waals surface area contributed by atoms with E-state index in [0.717, 1.165) is 16.5 Å². The number of amides is 2. The van der Waals surface area contributed by atoms with E-state index in [2.05, 4.69) is 20.8 Å². The summed E-state index contributed by atoms with van der Waals surface area (Å²) in [5, 5.41) is 17.3. The van der Waals surface area contributed by atoms with Gasteiger partial charge >= 0.3 is 0 Å². The molecule has 2 amide bonds. The van der Waals surface area contributed by atoms with Crippen LogP contribution in [0.25, 0.3) is 10.8 Å². The van der Waals surface area contributed by atoms with Crippen LogP contribution in [0.4, 0.5) is 5.69 Å². The molecule has 186 valence electrons. The highest BCUT2D eigenvalue weighted by molar-refractivity contribution is 7.99. The van der Waals surface area contributed by atoms with Crippen LogP contribution in [0.5, 0.6) is 5.75 Å². The molecule has 0 aliphatic rings. The maximum Gasteiger partial charge on any atom is 0.251 e. The third kappa shape index (κ3) is 5.68. The molecular formula is C27H29N5O3S. The number of anilines is 1. The van der Waals surface area contributed by atoms with Gasteiger partial charge in [-0.05, 0) is 41.6 Å². The number of nitrogens with zero attached hydrogens (tertiary/aromatic N) is 3. The monoisotopic (exact) mass is 503 g/mol. The Morgan fingerprint density at radius 2 is 1.72 bits per heavy atom. The first kappa shape index (κ1) is 25.2. The van der Waals surface area contributed by atoms with Gasteiger partial charge in [0, 0.05) is 23.7 Å². The molecule has 1 heterocycles. The third-order valence-electron chi connectivity index (χ3n) is 5.85. The largest absolute Gasteiger partial charge is 0.497 e. The molecule has 0 saturated heterocycles. The van der Waals surface area contributed by atoms with Crippen molar-refractivity contribution >= 4 is 40.0 Å². The Morgan fingerprint density at radius 3 is 2.44 bits per heavy atom. The van der Waals surface area contributed by atoms with Gasteiger partial charge < -0.3 is 19.9 Å². The second-order valence-electron chi connectivity index (χ2n) is 8.69. The summed E-state index contributed by atoms with van der Waals surface area (Å²) in [6.45, 7) is 4.02. The van der Waals surface area contributed by atoms with Gasteiger partial charge in [-0.2, -0.15) is 0 Å². The van der Waals surface area contributed by atoms with Gasteiger partial charge in [0.15, 0.2) is 11.0 Å². The molecule has 0 radical (unpaired) electrons. The fraction of sp³-hybridized carbons (Fsp3) is 0.259. The van der Waals surface area contributed by atoms with Gasteiger partial charge in [-0.1, -0.05) is 62.0 Å². The molecule has 0 unspecified atom stereocenters. The van der Waals surface area contributed by atoms with Gasteiger partial charge in [-0.25, -0.2) is 0 Å². The van der Waals surface area contributed by atoms with Gasteiger partial charge in [0.05, 0.1) is 18.9 Å². The molecule has 0 saturated carbocycles. The molecule has 1 aromatic heterocycles. The van der Waals surface area contributed by atoms with Crippen molar-refractivity contribution in [3.05, 3.63) is 78.1 Å². The summed E-state index contributed by atoms with van der Waals surface area (Å²) in [5.74, 6) is 1.23. The summed E-state index contributed by atoms with van der Waals surface area (Å²) >= 11 is 1.30. The van der Waals surface area contributed by atoms with Crippen LogP contribution in [0.3, 0.4) is 0 Å². The highest BCUT2D eigenvalue weighted by atomic mass is 32.2. The van der Waals surface area contributed by atoms with E-state index in [1.807, 2.05) is 67.9 Å². The number of benzene rings is 3. The van der Waals surface area contributed by atoms with Crippen molar-refractivity contribution in [2.75, 3.05) is 18.2 Å². The Hall–Kier alpha value is -3.85. The van der Waals surface area contributed by atoms with Gasteiger partial charge in [0.1, 0.15) is 5.75 Å². The Kier molecular flexibility index (Phi) is 7.90. The molecule has 8 nitrogen and oxygen atoms in total. The highest BCUT2D eigenvalue weighted by Gasteiger charge is 2.25. The van der Waals surface area contributed by atoms with Crippen molar-refractivity contribution in [2.45, 2.75) is 25.0 Å². The van der Waals surface area contributed by atoms with Crippen molar-refractivity contribution in [1.82, 2.24) is 20.1 Å². The van der Waals surface area contributed by atoms with Gasteiger partial charge in [-0.3, -0.25) is 9.59 Å². The van der Waals surface area contributed by atoms with E-state index < -0.39 is 0 Å². The number of ether oxygens (including phenoxy) is 1. The zero-order valence-corrected chi connectivity index (χ0v) is 21.5. The number of rotatable bonds is 9. The molecule has 9 heteroatoms. The Labute approximate surface area is 214 Å². The Balaban J connectivity index is 1.42. The minimum absolute atomic E-state index is 0.0719. The number of hydrogen-bond acceptors (Lipinski definition) is 6. The van der Waals surface area contributed by atoms with E-state index in [-0.39, 0.29) is 29.5 Å². The number of methoxy groups -OCH3 is 1. The molecule has 0 fully saturated rings. The molecule has 0 aliphatic heterocycles. The zero-order chi connectivity index (χ0) is 25.7. The predicted molar refractivity (Wildman–Crippen MR) is 142 cm³/mol. The summed E-state index contributed by atoms with van der Waals surface area (Å²) in [5.41, 5.74) is 1.31. The van der Waals surface area contributed by atoms with Crippen LogP contribution in [0.15, 0.2) is 71.9 Å². The van der Waals surface area contributed by atoms with Crippen LogP contribution in [0, 0.1) is 5.92 Å². The first-order valence-electron chi connectivity index (χ1n) is 11.6. The number of thioether (sulfide) groups is 1. The first-order valence-corrected chi connectivity index (χ1v) is 12.6. The van der Waals surface area contributed by atoms with Crippen molar-refractivity contribution in [3.8, 4) is 5.75 Å². The summed E-state index contributed by atoms with van der Waals surface area (Å²) in [4.78, 5) is 25.5. The summed E-state index contributed by atoms with van der Waals surface area (Å²) in [7, 11) is 3.43. The van der Waals surface area contributed by atoms with Crippen molar-refractivity contribution in [1.29, 1.82) is 0 Å². The summed E-state index contributed by atoms with van der Waals surface area (Å²) in [6.07, 6.45) is 0. The van der Waals surface area contributed by atoms with Crippen molar-refractivity contribution in [2.24, 2.45) is 13.0 Å². The average molecular weight is 504 g/mol. The third-order valence-corrected chi connectivity index (χ3v) is 6.87. The lowest BCUT2D eigenvalue weighted by Crippen LogP contribution is -2.33. The molecule has 36 heavy (non-hydrogen) atoms. The van der Waals surface area contributed by atoms with E-state index in [4.69, 9.17) is 4.74 Å². The van der Waals surface area contributed by atoms with Gasteiger partial charge in [-0.15, -0.1) is 10.2 Å². The Bertz CT molecular complexity index is 1360. The topological polar surface area (TPSA) is 98.1 Å². The maximum absolute atomic E-state index is 12.9. The van der Waals surface area contributed by atoms with Crippen molar-refractivity contribution < 1.29 is 14.3 Å².